The molecule has 0 saturated heterocycles. The first kappa shape index (κ1) is 46.6. The van der Waals surface area contributed by atoms with Crippen LogP contribution in [-0.2, 0) is 24.0 Å². The average Bonchev–Trinajstić information content (AvgIpc) is 3.05. The standard InChI is InChI=1S/C36H70N8O6/c1-7-8-9-10-11-12-13-14-15-16-17-18-19-22-30(46)44-31(27(5)45)35(50)41-26(4)32(47)42-28(21-20-23-40-36(37)38)34(49)43-29(24-25(2)3)33(48)39-6/h25-29,31,45H,7-24H2,1-6H3,(H,39,48)(H,41,50)(H,42,47)(H,43,49)(H,44,46)(H4,37,38,40)/t26-,27+,28-,29-,31-/m0/s1. The van der Waals surface area contributed by atoms with E-state index in [-0.39, 0.29) is 43.1 Å². The molecule has 0 aromatic rings. The quantitative estimate of drug-likeness (QED) is 0.0318. The van der Waals surface area contributed by atoms with Crippen LogP contribution in [0.5, 0.6) is 0 Å². The molecule has 0 radical (unpaired) electrons. The fourth-order valence-electron chi connectivity index (χ4n) is 5.57. The summed E-state index contributed by atoms with van der Waals surface area (Å²) in [6.45, 7) is 9.16. The maximum atomic E-state index is 13.3. The van der Waals surface area contributed by atoms with E-state index in [1.54, 1.807) is 0 Å². The van der Waals surface area contributed by atoms with Gasteiger partial charge in [-0.25, -0.2) is 0 Å². The number of aliphatic hydroxyl groups excluding tert-OH is 1. The highest BCUT2D eigenvalue weighted by Crippen LogP contribution is 2.13. The van der Waals surface area contributed by atoms with Crippen LogP contribution in [0, 0.1) is 11.3 Å². The number of likely N-dealkylation sites (N-methyl/N-ethyl adjacent to an activating group) is 1. The Hall–Kier alpha value is -3.42. The lowest BCUT2D eigenvalue weighted by molar-refractivity contribution is -0.135. The fourth-order valence-corrected chi connectivity index (χ4v) is 5.57. The molecule has 0 aromatic carbocycles. The van der Waals surface area contributed by atoms with E-state index >= 15 is 0 Å². The van der Waals surface area contributed by atoms with Gasteiger partial charge in [-0.05, 0) is 45.4 Å². The largest absolute Gasteiger partial charge is 0.391 e. The second-order valence-electron chi connectivity index (χ2n) is 13.9. The Morgan fingerprint density at radius 2 is 1.18 bits per heavy atom. The van der Waals surface area contributed by atoms with Gasteiger partial charge in [0.15, 0.2) is 5.96 Å². The molecule has 0 fully saturated rings. The second-order valence-corrected chi connectivity index (χ2v) is 13.9. The minimum atomic E-state index is -1.26. The molecule has 14 nitrogen and oxygen atoms in total. The van der Waals surface area contributed by atoms with E-state index in [9.17, 15) is 29.1 Å². The van der Waals surface area contributed by atoms with Crippen LogP contribution in [0.4, 0.5) is 0 Å². The van der Waals surface area contributed by atoms with Gasteiger partial charge in [-0.3, -0.25) is 29.4 Å². The minimum Gasteiger partial charge on any atom is -0.391 e. The van der Waals surface area contributed by atoms with Crippen molar-refractivity contribution in [3.8, 4) is 0 Å². The maximum absolute atomic E-state index is 13.3. The van der Waals surface area contributed by atoms with Gasteiger partial charge in [-0.1, -0.05) is 97.8 Å². The van der Waals surface area contributed by atoms with E-state index in [1.165, 1.54) is 78.7 Å². The normalized spacial score (nSPS) is 14.1. The Morgan fingerprint density at radius 1 is 0.660 bits per heavy atom. The van der Waals surface area contributed by atoms with Crippen molar-refractivity contribution < 1.29 is 29.1 Å². The van der Waals surface area contributed by atoms with Gasteiger partial charge in [0, 0.05) is 20.0 Å². The summed E-state index contributed by atoms with van der Waals surface area (Å²) in [6, 6.07) is -4.24. The monoisotopic (exact) mass is 711 g/mol. The first-order valence-corrected chi connectivity index (χ1v) is 18.9. The third kappa shape index (κ3) is 23.1. The predicted molar refractivity (Wildman–Crippen MR) is 198 cm³/mol. The molecule has 50 heavy (non-hydrogen) atoms. The minimum absolute atomic E-state index is 0.109. The van der Waals surface area contributed by atoms with E-state index in [0.717, 1.165) is 19.3 Å². The zero-order valence-corrected chi connectivity index (χ0v) is 31.8. The molecule has 10 N–H and O–H groups in total. The molecule has 0 bridgehead atoms. The number of guanidine groups is 1. The van der Waals surface area contributed by atoms with Crippen molar-refractivity contribution in [2.45, 2.75) is 174 Å². The fraction of sp³-hybridized carbons (Fsp3) is 0.833. The number of aliphatic hydroxyl groups is 1. The van der Waals surface area contributed by atoms with Gasteiger partial charge in [0.2, 0.25) is 29.5 Å². The number of amides is 5. The van der Waals surface area contributed by atoms with Gasteiger partial charge in [0.1, 0.15) is 24.2 Å². The summed E-state index contributed by atoms with van der Waals surface area (Å²) in [5.74, 6) is -2.81. The first-order valence-electron chi connectivity index (χ1n) is 18.9. The molecule has 0 heterocycles. The molecule has 0 saturated carbocycles. The molecule has 290 valence electrons. The number of unbranched alkanes of at least 4 members (excludes halogenated alkanes) is 12. The smallest absolute Gasteiger partial charge is 0.245 e. The number of carbonyl (C=O) groups excluding carboxylic acids is 5. The topological polar surface area (TPSA) is 228 Å². The SMILES string of the molecule is CCCCCCCCCCCCCCCC(=O)N[C@H](C(=O)N[C@@H](C)C(=O)N[C@@H](CCCNC(=N)N)C(=O)N[C@@H](CC(C)C)C(=O)NC)[C@@H](C)O. The van der Waals surface area contributed by atoms with Gasteiger partial charge in [-0.2, -0.15) is 0 Å². The van der Waals surface area contributed by atoms with Crippen LogP contribution < -0.4 is 37.6 Å². The molecular formula is C36H70N8O6. The molecule has 5 amide bonds. The molecular weight excluding hydrogens is 640 g/mol. The van der Waals surface area contributed by atoms with Crippen LogP contribution in [0.3, 0.4) is 0 Å². The summed E-state index contributed by atoms with van der Waals surface area (Å²) in [5, 5.41) is 33.2. The Morgan fingerprint density at radius 3 is 1.66 bits per heavy atom. The van der Waals surface area contributed by atoms with Gasteiger partial charge >= 0.3 is 0 Å². The van der Waals surface area contributed by atoms with E-state index in [2.05, 4.69) is 38.8 Å². The highest BCUT2D eigenvalue weighted by atomic mass is 16.3. The van der Waals surface area contributed by atoms with E-state index < -0.39 is 48.0 Å². The third-order valence-electron chi connectivity index (χ3n) is 8.55. The molecule has 5 atom stereocenters. The van der Waals surface area contributed by atoms with Crippen LogP contribution in [-0.4, -0.2) is 84.5 Å². The van der Waals surface area contributed by atoms with Crippen LogP contribution >= 0.6 is 0 Å². The van der Waals surface area contributed by atoms with Crippen molar-refractivity contribution in [1.29, 1.82) is 5.41 Å². The van der Waals surface area contributed by atoms with Crippen molar-refractivity contribution in [2.24, 2.45) is 11.7 Å². The van der Waals surface area contributed by atoms with Crippen molar-refractivity contribution >= 4 is 35.5 Å². The molecule has 0 aromatic heterocycles. The number of nitrogens with two attached hydrogens (primary N) is 1. The number of rotatable bonds is 29. The summed E-state index contributed by atoms with van der Waals surface area (Å²) in [5.41, 5.74) is 5.34. The van der Waals surface area contributed by atoms with Crippen molar-refractivity contribution in [2.75, 3.05) is 13.6 Å². The molecule has 0 aliphatic carbocycles. The van der Waals surface area contributed by atoms with Gasteiger partial charge in [0.05, 0.1) is 6.10 Å². The summed E-state index contributed by atoms with van der Waals surface area (Å²) >= 11 is 0. The first-order chi connectivity index (χ1) is 23.7. The van der Waals surface area contributed by atoms with Crippen LogP contribution in [0.1, 0.15) is 144 Å². The Bertz CT molecular complexity index is 1010. The highest BCUT2D eigenvalue weighted by Gasteiger charge is 2.31. The molecule has 0 aliphatic heterocycles. The van der Waals surface area contributed by atoms with Crippen LogP contribution in [0.15, 0.2) is 0 Å². The van der Waals surface area contributed by atoms with Gasteiger partial charge in [-0.15, -0.1) is 0 Å². The average molecular weight is 711 g/mol. The molecule has 0 spiro atoms. The number of hydrogen-bond donors (Lipinski definition) is 9. The Kier molecular flexibility index (Phi) is 26.4. The lowest BCUT2D eigenvalue weighted by Crippen LogP contribution is -2.59. The van der Waals surface area contributed by atoms with Crippen LogP contribution in [0.2, 0.25) is 0 Å². The Labute approximate surface area is 300 Å². The lowest BCUT2D eigenvalue weighted by Gasteiger charge is -2.26. The Balaban J connectivity index is 4.93. The lowest BCUT2D eigenvalue weighted by atomic mass is 10.0. The zero-order chi connectivity index (χ0) is 37.9. The molecule has 0 rings (SSSR count). The van der Waals surface area contributed by atoms with E-state index in [1.807, 2.05) is 13.8 Å². The molecule has 14 heteroatoms. The zero-order valence-electron chi connectivity index (χ0n) is 31.8. The van der Waals surface area contributed by atoms with Gasteiger partial charge in [0.25, 0.3) is 0 Å². The van der Waals surface area contributed by atoms with Crippen molar-refractivity contribution in [1.82, 2.24) is 31.9 Å². The highest BCUT2D eigenvalue weighted by molar-refractivity contribution is 5.95. The summed E-state index contributed by atoms with van der Waals surface area (Å²) < 4.78 is 0. The molecule has 0 unspecified atom stereocenters. The number of carbonyl (C=O) groups is 5. The van der Waals surface area contributed by atoms with Crippen molar-refractivity contribution in [3.63, 3.8) is 0 Å². The van der Waals surface area contributed by atoms with Crippen molar-refractivity contribution in [3.05, 3.63) is 0 Å². The van der Waals surface area contributed by atoms with Gasteiger partial charge < -0.3 is 42.7 Å². The summed E-state index contributed by atoms with van der Waals surface area (Å²) in [7, 11) is 1.47. The van der Waals surface area contributed by atoms with Crippen LogP contribution in [0.25, 0.3) is 0 Å². The second kappa shape index (κ2) is 28.3. The molecule has 0 aliphatic rings. The maximum Gasteiger partial charge on any atom is 0.245 e. The summed E-state index contributed by atoms with van der Waals surface area (Å²) in [4.78, 5) is 64.5. The number of hydrogen-bond acceptors (Lipinski definition) is 7. The van der Waals surface area contributed by atoms with E-state index in [0.29, 0.717) is 19.3 Å². The van der Waals surface area contributed by atoms with E-state index in [4.69, 9.17) is 11.1 Å². The third-order valence-corrected chi connectivity index (χ3v) is 8.55. The predicted octanol–water partition coefficient (Wildman–Crippen LogP) is 2.86. The number of nitrogens with one attached hydrogen (secondary N) is 7. The summed E-state index contributed by atoms with van der Waals surface area (Å²) in [6.07, 6.45) is 15.4.